The molecule has 3 aromatic rings. The van der Waals surface area contributed by atoms with Crippen molar-refractivity contribution in [1.29, 1.82) is 0 Å². The zero-order valence-corrected chi connectivity index (χ0v) is 20.1. The van der Waals surface area contributed by atoms with E-state index >= 15 is 0 Å². The topological polar surface area (TPSA) is 53.6 Å². The Hall–Kier alpha value is -3.09. The molecule has 2 bridgehead atoms. The lowest BCUT2D eigenvalue weighted by atomic mass is 9.78. The van der Waals surface area contributed by atoms with Crippen molar-refractivity contribution in [3.05, 3.63) is 88.4 Å². The highest BCUT2D eigenvalue weighted by atomic mass is 35.5. The number of amides is 1. The van der Waals surface area contributed by atoms with Crippen molar-refractivity contribution in [1.82, 2.24) is 5.32 Å². The molecule has 1 amide bonds. The molecule has 33 heavy (non-hydrogen) atoms. The molecule has 2 aliphatic heterocycles. The number of carbonyl (C=O) groups is 1. The Morgan fingerprint density at radius 1 is 1.12 bits per heavy atom. The monoisotopic (exact) mass is 477 g/mol. The second-order valence-corrected chi connectivity index (χ2v) is 9.55. The maximum absolute atomic E-state index is 13.9. The number of ether oxygens (including phenoxy) is 1. The largest absolute Gasteiger partial charge is 0.467 e. The summed E-state index contributed by atoms with van der Waals surface area (Å²) >= 11 is 12.1. The van der Waals surface area contributed by atoms with Crippen LogP contribution in [-0.2, 0) is 4.79 Å². The third-order valence-electron chi connectivity index (χ3n) is 6.40. The Balaban J connectivity index is 1.63. The number of hydrogen-bond acceptors (Lipinski definition) is 3. The van der Waals surface area contributed by atoms with E-state index in [0.717, 1.165) is 28.1 Å². The highest BCUT2D eigenvalue weighted by molar-refractivity contribution is 7.80. The quantitative estimate of drug-likeness (QED) is 0.470. The summed E-state index contributed by atoms with van der Waals surface area (Å²) in [4.78, 5) is 15.8. The van der Waals surface area contributed by atoms with Crippen LogP contribution in [0, 0.1) is 19.8 Å². The number of para-hydroxylation sites is 1. The van der Waals surface area contributed by atoms with Crippen molar-refractivity contribution in [2.75, 3.05) is 10.2 Å². The van der Waals surface area contributed by atoms with Gasteiger partial charge in [0.05, 0.1) is 6.04 Å². The Morgan fingerprint density at radius 2 is 1.88 bits per heavy atom. The van der Waals surface area contributed by atoms with E-state index in [1.807, 2.05) is 86.3 Å². The Labute approximate surface area is 203 Å². The van der Waals surface area contributed by atoms with Gasteiger partial charge in [-0.05, 0) is 75.0 Å². The lowest BCUT2D eigenvalue weighted by Crippen LogP contribution is -2.72. The number of nitrogens with one attached hydrogen (secondary N) is 2. The summed E-state index contributed by atoms with van der Waals surface area (Å²) in [5.41, 5.74) is 3.52. The standard InChI is InChI=1S/C26H24ClN3O2S/c1-15-9-11-20(16(2)13-15)28-24(31)22-23-19-14-17(27)10-12-21(19)32-26(22,3)30(25(33)29-23)18-7-5-4-6-8-18/h4-14,22-23H,1-3H3,(H,28,31)(H,29,33)/t22-,23-,26+/m1/s1. The van der Waals surface area contributed by atoms with E-state index in [1.165, 1.54) is 0 Å². The number of fused-ring (bicyclic) bond motifs is 4. The van der Waals surface area contributed by atoms with E-state index in [4.69, 9.17) is 28.6 Å². The van der Waals surface area contributed by atoms with Crippen LogP contribution < -0.4 is 20.3 Å². The van der Waals surface area contributed by atoms with Gasteiger partial charge in [-0.15, -0.1) is 0 Å². The SMILES string of the molecule is Cc1ccc(NC(=O)[C@H]2[C@@H]3NC(=S)N(c4ccccc4)[C@@]2(C)Oc2ccc(Cl)cc23)c(C)c1. The minimum atomic E-state index is -1.06. The number of hydrogen-bond donors (Lipinski definition) is 2. The normalized spacial score (nSPS) is 23.3. The second kappa shape index (κ2) is 8.04. The van der Waals surface area contributed by atoms with Gasteiger partial charge in [-0.25, -0.2) is 0 Å². The van der Waals surface area contributed by atoms with Gasteiger partial charge in [0.15, 0.2) is 10.8 Å². The number of nitrogens with zero attached hydrogens (tertiary/aromatic N) is 1. The third kappa shape index (κ3) is 3.63. The van der Waals surface area contributed by atoms with Gasteiger partial charge >= 0.3 is 0 Å². The molecule has 7 heteroatoms. The van der Waals surface area contributed by atoms with Crippen LogP contribution in [0.1, 0.15) is 29.7 Å². The van der Waals surface area contributed by atoms with Crippen LogP contribution in [0.25, 0.3) is 0 Å². The van der Waals surface area contributed by atoms with Crippen LogP contribution in [0.3, 0.4) is 0 Å². The fraction of sp³-hybridized carbons (Fsp3) is 0.231. The third-order valence-corrected chi connectivity index (χ3v) is 6.93. The number of carbonyl (C=O) groups excluding carboxylic acids is 1. The molecule has 2 heterocycles. The lowest BCUT2D eigenvalue weighted by molar-refractivity contribution is -0.130. The lowest BCUT2D eigenvalue weighted by Gasteiger charge is -2.56. The first-order chi connectivity index (χ1) is 15.8. The van der Waals surface area contributed by atoms with E-state index in [1.54, 1.807) is 6.07 Å². The van der Waals surface area contributed by atoms with Crippen LogP contribution in [0.15, 0.2) is 66.7 Å². The molecular formula is C26H24ClN3O2S. The van der Waals surface area contributed by atoms with E-state index in [0.29, 0.717) is 15.9 Å². The summed E-state index contributed by atoms with van der Waals surface area (Å²) in [6, 6.07) is 20.8. The van der Waals surface area contributed by atoms with Crippen molar-refractivity contribution < 1.29 is 9.53 Å². The van der Waals surface area contributed by atoms with Crippen LogP contribution in [-0.4, -0.2) is 16.7 Å². The smallest absolute Gasteiger partial charge is 0.236 e. The van der Waals surface area contributed by atoms with Crippen molar-refractivity contribution in [3.8, 4) is 5.75 Å². The van der Waals surface area contributed by atoms with Crippen molar-refractivity contribution in [3.63, 3.8) is 0 Å². The maximum Gasteiger partial charge on any atom is 0.236 e. The molecule has 2 N–H and O–H groups in total. The summed E-state index contributed by atoms with van der Waals surface area (Å²) in [5.74, 6) is -0.0921. The number of rotatable bonds is 3. The van der Waals surface area contributed by atoms with Crippen LogP contribution >= 0.6 is 23.8 Å². The molecule has 0 radical (unpaired) electrons. The molecule has 1 saturated heterocycles. The van der Waals surface area contributed by atoms with Gasteiger partial charge in [0.2, 0.25) is 5.91 Å². The number of anilines is 2. The molecule has 1 fully saturated rings. The fourth-order valence-electron chi connectivity index (χ4n) is 4.88. The first-order valence-corrected chi connectivity index (χ1v) is 11.6. The Bertz CT molecular complexity index is 1270. The van der Waals surface area contributed by atoms with Gasteiger partial charge in [-0.3, -0.25) is 9.69 Å². The summed E-state index contributed by atoms with van der Waals surface area (Å²) in [6.45, 7) is 5.94. The number of aryl methyl sites for hydroxylation is 2. The van der Waals surface area contributed by atoms with Gasteiger partial charge < -0.3 is 15.4 Å². The van der Waals surface area contributed by atoms with Crippen molar-refractivity contribution >= 4 is 46.2 Å². The van der Waals surface area contributed by atoms with E-state index in [2.05, 4.69) is 10.6 Å². The molecule has 0 aliphatic carbocycles. The molecule has 3 aromatic carbocycles. The van der Waals surface area contributed by atoms with Crippen molar-refractivity contribution in [2.45, 2.75) is 32.5 Å². The van der Waals surface area contributed by atoms with Crippen LogP contribution in [0.2, 0.25) is 5.02 Å². The summed E-state index contributed by atoms with van der Waals surface area (Å²) in [7, 11) is 0. The highest BCUT2D eigenvalue weighted by Crippen LogP contribution is 2.50. The fourth-order valence-corrected chi connectivity index (χ4v) is 5.48. The van der Waals surface area contributed by atoms with Gasteiger partial charge in [-0.2, -0.15) is 0 Å². The van der Waals surface area contributed by atoms with Gasteiger partial charge in [0, 0.05) is 22.0 Å². The summed E-state index contributed by atoms with van der Waals surface area (Å²) in [5, 5.41) is 7.61. The molecule has 0 unspecified atom stereocenters. The van der Waals surface area contributed by atoms with Gasteiger partial charge in [0.25, 0.3) is 0 Å². The minimum Gasteiger partial charge on any atom is -0.467 e. The average Bonchev–Trinajstić information content (AvgIpc) is 2.76. The molecule has 2 aliphatic rings. The summed E-state index contributed by atoms with van der Waals surface area (Å²) < 4.78 is 6.58. The Morgan fingerprint density at radius 3 is 2.61 bits per heavy atom. The van der Waals surface area contributed by atoms with Crippen molar-refractivity contribution in [2.24, 2.45) is 5.92 Å². The average molecular weight is 478 g/mol. The molecule has 0 saturated carbocycles. The minimum absolute atomic E-state index is 0.156. The van der Waals surface area contributed by atoms with E-state index < -0.39 is 17.7 Å². The molecule has 0 aromatic heterocycles. The summed E-state index contributed by atoms with van der Waals surface area (Å²) in [6.07, 6.45) is 0. The number of halogens is 1. The highest BCUT2D eigenvalue weighted by Gasteiger charge is 2.59. The molecule has 168 valence electrons. The predicted octanol–water partition coefficient (Wildman–Crippen LogP) is 5.76. The van der Waals surface area contributed by atoms with Crippen LogP contribution in [0.4, 0.5) is 11.4 Å². The molecule has 0 spiro atoms. The maximum atomic E-state index is 13.9. The van der Waals surface area contributed by atoms with Gasteiger partial charge in [0.1, 0.15) is 11.7 Å². The zero-order chi connectivity index (χ0) is 23.3. The van der Waals surface area contributed by atoms with E-state index in [-0.39, 0.29) is 5.91 Å². The number of benzene rings is 3. The van der Waals surface area contributed by atoms with Gasteiger partial charge in [-0.1, -0.05) is 47.5 Å². The van der Waals surface area contributed by atoms with Crippen LogP contribution in [0.5, 0.6) is 5.75 Å². The Kier molecular flexibility index (Phi) is 5.30. The predicted molar refractivity (Wildman–Crippen MR) is 136 cm³/mol. The molecule has 3 atom stereocenters. The molecule has 5 nitrogen and oxygen atoms in total. The number of thiocarbonyl (C=S) groups is 1. The first kappa shape index (κ1) is 21.7. The van der Waals surface area contributed by atoms with E-state index in [9.17, 15) is 4.79 Å². The molecule has 5 rings (SSSR count). The molecular weight excluding hydrogens is 454 g/mol. The zero-order valence-electron chi connectivity index (χ0n) is 18.6. The first-order valence-electron chi connectivity index (χ1n) is 10.8. The second-order valence-electron chi connectivity index (χ2n) is 8.72.